The molecular formula is C30H39Br2N3S2. The summed E-state index contributed by atoms with van der Waals surface area (Å²) in [5, 5.41) is 9.96. The highest BCUT2D eigenvalue weighted by atomic mass is 79.9. The van der Waals surface area contributed by atoms with E-state index in [-0.39, 0.29) is 0 Å². The van der Waals surface area contributed by atoms with E-state index in [4.69, 9.17) is 10.2 Å². The quantitative estimate of drug-likeness (QED) is 0.105. The van der Waals surface area contributed by atoms with E-state index < -0.39 is 0 Å². The molecule has 0 fully saturated rings. The van der Waals surface area contributed by atoms with Gasteiger partial charge in [0.05, 0.1) is 14.1 Å². The van der Waals surface area contributed by atoms with Crippen LogP contribution in [0.2, 0.25) is 0 Å². The number of hydrogen-bond donors (Lipinski definition) is 0. The van der Waals surface area contributed by atoms with Crippen LogP contribution >= 0.6 is 54.5 Å². The molecule has 4 rings (SSSR count). The SMILES string of the molecule is CCCCCCCCCCCCCCCCn1nc2c(-c3ccc(Br)s3)ccc(-c3ccc(Br)s3)c2n1. The van der Waals surface area contributed by atoms with Crippen molar-refractivity contribution in [1.82, 2.24) is 15.0 Å². The van der Waals surface area contributed by atoms with Gasteiger partial charge in [0.25, 0.3) is 0 Å². The lowest BCUT2D eigenvalue weighted by molar-refractivity contribution is 0.482. The van der Waals surface area contributed by atoms with Gasteiger partial charge in [-0.15, -0.1) is 22.7 Å². The molecule has 3 aromatic heterocycles. The van der Waals surface area contributed by atoms with Crippen LogP contribution in [-0.2, 0) is 6.54 Å². The lowest BCUT2D eigenvalue weighted by atomic mass is 10.0. The van der Waals surface area contributed by atoms with Crippen LogP contribution in [0.25, 0.3) is 31.9 Å². The van der Waals surface area contributed by atoms with E-state index >= 15 is 0 Å². The minimum atomic E-state index is 0.883. The van der Waals surface area contributed by atoms with Gasteiger partial charge >= 0.3 is 0 Å². The van der Waals surface area contributed by atoms with E-state index in [1.165, 1.54) is 93.2 Å². The van der Waals surface area contributed by atoms with E-state index in [1.807, 2.05) is 4.80 Å². The first-order valence-electron chi connectivity index (χ1n) is 14.0. The molecule has 0 aliphatic rings. The van der Waals surface area contributed by atoms with Gasteiger partial charge < -0.3 is 0 Å². The standard InChI is InChI=1S/C30H39Br2N3S2/c1-2-3-4-5-6-7-8-9-10-11-12-13-14-15-22-35-33-29-23(25-18-20-27(31)36-25)16-17-24(30(29)34-35)26-19-21-28(32)37-26/h16-21H,2-15,22H2,1H3. The Kier molecular flexibility index (Phi) is 12.2. The van der Waals surface area contributed by atoms with Crippen molar-refractivity contribution in [2.45, 2.75) is 103 Å². The lowest BCUT2D eigenvalue weighted by Gasteiger charge is -2.03. The summed E-state index contributed by atoms with van der Waals surface area (Å²) >= 11 is 10.7. The van der Waals surface area contributed by atoms with Crippen LogP contribution in [0.3, 0.4) is 0 Å². The highest BCUT2D eigenvalue weighted by Crippen LogP contribution is 2.40. The van der Waals surface area contributed by atoms with Gasteiger partial charge in [-0.1, -0.05) is 103 Å². The van der Waals surface area contributed by atoms with Gasteiger partial charge in [0.2, 0.25) is 0 Å². The predicted molar refractivity (Wildman–Crippen MR) is 170 cm³/mol. The first-order valence-corrected chi connectivity index (χ1v) is 17.3. The second kappa shape index (κ2) is 15.5. The summed E-state index contributed by atoms with van der Waals surface area (Å²) < 4.78 is 2.27. The number of benzene rings is 1. The van der Waals surface area contributed by atoms with Gasteiger partial charge in [-0.3, -0.25) is 0 Å². The molecular weight excluding hydrogens is 626 g/mol. The van der Waals surface area contributed by atoms with E-state index in [1.54, 1.807) is 22.7 Å². The second-order valence-corrected chi connectivity index (χ2v) is 14.9. The number of nitrogens with zero attached hydrogens (tertiary/aromatic N) is 3. The second-order valence-electron chi connectivity index (χ2n) is 9.96. The molecule has 7 heteroatoms. The first-order chi connectivity index (χ1) is 18.2. The lowest BCUT2D eigenvalue weighted by Crippen LogP contribution is -2.02. The minimum Gasteiger partial charge on any atom is -0.184 e. The number of unbranched alkanes of at least 4 members (excludes halogenated alkanes) is 13. The number of aromatic nitrogens is 3. The number of fused-ring (bicyclic) bond motifs is 1. The van der Waals surface area contributed by atoms with Gasteiger partial charge in [-0.2, -0.15) is 15.0 Å². The third kappa shape index (κ3) is 8.74. The summed E-state index contributed by atoms with van der Waals surface area (Å²) in [7, 11) is 0. The third-order valence-corrected chi connectivity index (χ3v) is 10.3. The third-order valence-electron chi connectivity index (χ3n) is 6.97. The number of hydrogen-bond acceptors (Lipinski definition) is 4. The van der Waals surface area contributed by atoms with Crippen LogP contribution < -0.4 is 0 Å². The van der Waals surface area contributed by atoms with Crippen molar-refractivity contribution < 1.29 is 0 Å². The average molecular weight is 666 g/mol. The predicted octanol–water partition coefficient (Wildman–Crippen LogP) is 11.9. The van der Waals surface area contributed by atoms with Crippen molar-refractivity contribution in [1.29, 1.82) is 0 Å². The Labute approximate surface area is 247 Å². The summed E-state index contributed by atoms with van der Waals surface area (Å²) in [6.45, 7) is 3.17. The molecule has 0 amide bonds. The fraction of sp³-hybridized carbons (Fsp3) is 0.533. The van der Waals surface area contributed by atoms with E-state index in [0.717, 1.165) is 42.7 Å². The van der Waals surface area contributed by atoms with Gasteiger partial charge in [-0.25, -0.2) is 0 Å². The molecule has 0 aliphatic carbocycles. The first kappa shape index (κ1) is 29.0. The Balaban J connectivity index is 1.25. The zero-order valence-corrected chi connectivity index (χ0v) is 26.8. The van der Waals surface area contributed by atoms with Crippen molar-refractivity contribution in [2.75, 3.05) is 0 Å². The number of halogens is 2. The Morgan fingerprint density at radius 1 is 0.568 bits per heavy atom. The monoisotopic (exact) mass is 663 g/mol. The highest BCUT2D eigenvalue weighted by molar-refractivity contribution is 9.11. The molecule has 0 radical (unpaired) electrons. The molecule has 0 saturated heterocycles. The Hall–Kier alpha value is -1.02. The summed E-state index contributed by atoms with van der Waals surface area (Å²) in [5.41, 5.74) is 4.33. The van der Waals surface area contributed by atoms with Crippen molar-refractivity contribution >= 4 is 65.6 Å². The normalized spacial score (nSPS) is 11.6. The Morgan fingerprint density at radius 2 is 0.973 bits per heavy atom. The summed E-state index contributed by atoms with van der Waals surface area (Å²) in [5.74, 6) is 0. The molecule has 0 saturated carbocycles. The minimum absolute atomic E-state index is 0.883. The average Bonchev–Trinajstić information content (AvgIpc) is 3.63. The largest absolute Gasteiger partial charge is 0.184 e. The van der Waals surface area contributed by atoms with E-state index in [0.29, 0.717) is 0 Å². The molecule has 37 heavy (non-hydrogen) atoms. The fourth-order valence-electron chi connectivity index (χ4n) is 4.90. The van der Waals surface area contributed by atoms with Crippen LogP contribution in [-0.4, -0.2) is 15.0 Å². The van der Waals surface area contributed by atoms with Crippen molar-refractivity contribution in [3.05, 3.63) is 44.0 Å². The Bertz CT molecular complexity index is 1150. The number of aryl methyl sites for hydroxylation is 1. The molecule has 1 aromatic carbocycles. The Morgan fingerprint density at radius 3 is 1.35 bits per heavy atom. The molecule has 200 valence electrons. The maximum Gasteiger partial charge on any atom is 0.122 e. The van der Waals surface area contributed by atoms with Crippen molar-refractivity contribution in [3.8, 4) is 20.9 Å². The smallest absolute Gasteiger partial charge is 0.122 e. The van der Waals surface area contributed by atoms with Crippen molar-refractivity contribution in [3.63, 3.8) is 0 Å². The maximum atomic E-state index is 4.98. The van der Waals surface area contributed by atoms with Crippen LogP contribution in [0.1, 0.15) is 96.8 Å². The summed E-state index contributed by atoms with van der Waals surface area (Å²) in [4.78, 5) is 4.38. The molecule has 0 spiro atoms. The van der Waals surface area contributed by atoms with E-state index in [2.05, 4.69) is 75.2 Å². The molecule has 4 aromatic rings. The molecule has 0 atom stereocenters. The van der Waals surface area contributed by atoms with Gasteiger partial charge in [-0.05, 0) is 62.5 Å². The zero-order chi connectivity index (χ0) is 25.9. The molecule has 0 aliphatic heterocycles. The fourth-order valence-corrected chi connectivity index (χ4v) is 7.72. The highest BCUT2D eigenvalue weighted by Gasteiger charge is 2.17. The number of thiophene rings is 2. The van der Waals surface area contributed by atoms with Crippen LogP contribution in [0.15, 0.2) is 44.0 Å². The van der Waals surface area contributed by atoms with Crippen LogP contribution in [0.4, 0.5) is 0 Å². The molecule has 0 unspecified atom stereocenters. The molecule has 0 bridgehead atoms. The van der Waals surface area contributed by atoms with Gasteiger partial charge in [0.1, 0.15) is 11.0 Å². The van der Waals surface area contributed by atoms with Crippen LogP contribution in [0, 0.1) is 0 Å². The van der Waals surface area contributed by atoms with Crippen molar-refractivity contribution in [2.24, 2.45) is 0 Å². The van der Waals surface area contributed by atoms with E-state index in [9.17, 15) is 0 Å². The van der Waals surface area contributed by atoms with Gasteiger partial charge in [0.15, 0.2) is 0 Å². The molecule has 3 nitrogen and oxygen atoms in total. The zero-order valence-electron chi connectivity index (χ0n) is 22.0. The molecule has 0 N–H and O–H groups in total. The molecule has 3 heterocycles. The maximum absolute atomic E-state index is 4.98. The number of rotatable bonds is 17. The topological polar surface area (TPSA) is 30.7 Å². The summed E-state index contributed by atoms with van der Waals surface area (Å²) in [6.07, 6.45) is 19.2. The van der Waals surface area contributed by atoms with Crippen LogP contribution in [0.5, 0.6) is 0 Å². The van der Waals surface area contributed by atoms with Gasteiger partial charge in [0, 0.05) is 20.9 Å². The summed E-state index contributed by atoms with van der Waals surface area (Å²) in [6, 6.07) is 12.9.